The van der Waals surface area contributed by atoms with Crippen molar-refractivity contribution in [1.82, 2.24) is 15.1 Å². The van der Waals surface area contributed by atoms with E-state index in [1.54, 1.807) is 20.1 Å². The number of ether oxygens (including phenoxy) is 1. The molecule has 1 aliphatic heterocycles. The highest BCUT2D eigenvalue weighted by Crippen LogP contribution is 2.25. The highest BCUT2D eigenvalue weighted by Gasteiger charge is 2.32. The van der Waals surface area contributed by atoms with Gasteiger partial charge in [0.15, 0.2) is 0 Å². The number of rotatable bonds is 6. The van der Waals surface area contributed by atoms with E-state index in [2.05, 4.69) is 17.3 Å². The molecule has 1 saturated heterocycles. The highest BCUT2D eigenvalue weighted by atomic mass is 16.5. The van der Waals surface area contributed by atoms with E-state index in [-0.39, 0.29) is 17.9 Å². The van der Waals surface area contributed by atoms with Crippen LogP contribution in [0.25, 0.3) is 6.08 Å². The molecule has 3 rings (SSSR count). The van der Waals surface area contributed by atoms with Crippen LogP contribution in [0.3, 0.4) is 0 Å². The zero-order valence-corrected chi connectivity index (χ0v) is 17.7. The number of nitrogens with zero attached hydrogens (tertiary/aromatic N) is 2. The Morgan fingerprint density at radius 2 is 1.80 bits per heavy atom. The van der Waals surface area contributed by atoms with Crippen LogP contribution in [0.15, 0.2) is 60.7 Å². The SMILES string of the molecule is COc1ccc(/C=C/C(=O)N[C@H](C)C(=O)N2CCN(C)C[C@@H]2c2ccccc2)cc1. The van der Waals surface area contributed by atoms with E-state index in [0.29, 0.717) is 6.54 Å². The van der Waals surface area contributed by atoms with E-state index >= 15 is 0 Å². The van der Waals surface area contributed by atoms with Crippen molar-refractivity contribution in [3.05, 3.63) is 71.8 Å². The summed E-state index contributed by atoms with van der Waals surface area (Å²) in [6.07, 6.45) is 3.17. The van der Waals surface area contributed by atoms with Crippen molar-refractivity contribution in [2.45, 2.75) is 19.0 Å². The third-order valence-corrected chi connectivity index (χ3v) is 5.32. The molecule has 6 heteroatoms. The fourth-order valence-corrected chi connectivity index (χ4v) is 3.60. The van der Waals surface area contributed by atoms with Gasteiger partial charge in [-0.2, -0.15) is 0 Å². The second-order valence-electron chi connectivity index (χ2n) is 7.56. The van der Waals surface area contributed by atoms with Crippen LogP contribution in [-0.4, -0.2) is 61.4 Å². The molecule has 1 fully saturated rings. The van der Waals surface area contributed by atoms with Crippen LogP contribution in [0, 0.1) is 0 Å². The van der Waals surface area contributed by atoms with Crippen LogP contribution in [0.2, 0.25) is 0 Å². The Labute approximate surface area is 178 Å². The summed E-state index contributed by atoms with van der Waals surface area (Å²) >= 11 is 0. The van der Waals surface area contributed by atoms with Crippen LogP contribution < -0.4 is 10.1 Å². The molecule has 0 spiro atoms. The molecular formula is C24H29N3O3. The Hall–Kier alpha value is -3.12. The first kappa shape index (κ1) is 21.6. The van der Waals surface area contributed by atoms with Crippen molar-refractivity contribution < 1.29 is 14.3 Å². The van der Waals surface area contributed by atoms with E-state index in [1.807, 2.05) is 59.5 Å². The molecule has 1 heterocycles. The minimum Gasteiger partial charge on any atom is -0.497 e. The zero-order valence-electron chi connectivity index (χ0n) is 17.7. The van der Waals surface area contributed by atoms with Crippen LogP contribution >= 0.6 is 0 Å². The molecule has 30 heavy (non-hydrogen) atoms. The standard InChI is InChI=1S/C24H29N3O3/c1-18(25-23(28)14-11-19-9-12-21(30-3)13-10-19)24(29)27-16-15-26(2)17-22(27)20-7-5-4-6-8-20/h4-14,18,22H,15-17H2,1-3H3,(H,25,28)/b14-11+/t18-,22-/m1/s1. The van der Waals surface area contributed by atoms with Crippen molar-refractivity contribution in [2.75, 3.05) is 33.8 Å². The van der Waals surface area contributed by atoms with Gasteiger partial charge in [-0.15, -0.1) is 0 Å². The number of piperazine rings is 1. The van der Waals surface area contributed by atoms with Gasteiger partial charge in [-0.3, -0.25) is 9.59 Å². The monoisotopic (exact) mass is 407 g/mol. The minimum absolute atomic E-state index is 0.0216. The Bertz CT molecular complexity index is 880. The number of methoxy groups -OCH3 is 1. The van der Waals surface area contributed by atoms with E-state index < -0.39 is 6.04 Å². The molecule has 0 saturated carbocycles. The third kappa shape index (κ3) is 5.48. The normalized spacial score (nSPS) is 18.2. The molecule has 1 aliphatic rings. The molecule has 0 bridgehead atoms. The summed E-state index contributed by atoms with van der Waals surface area (Å²) in [6.45, 7) is 3.96. The molecule has 0 radical (unpaired) electrons. The van der Waals surface area contributed by atoms with E-state index in [1.165, 1.54) is 6.08 Å². The Balaban J connectivity index is 1.63. The average Bonchev–Trinajstić information content (AvgIpc) is 2.78. The van der Waals surface area contributed by atoms with Gasteiger partial charge >= 0.3 is 0 Å². The Morgan fingerprint density at radius 3 is 2.47 bits per heavy atom. The molecular weight excluding hydrogens is 378 g/mol. The quantitative estimate of drug-likeness (QED) is 0.748. The van der Waals surface area contributed by atoms with Crippen LogP contribution in [0.4, 0.5) is 0 Å². The summed E-state index contributed by atoms with van der Waals surface area (Å²) in [4.78, 5) is 29.6. The van der Waals surface area contributed by atoms with Crippen molar-refractivity contribution in [3.8, 4) is 5.75 Å². The highest BCUT2D eigenvalue weighted by molar-refractivity contribution is 5.95. The summed E-state index contributed by atoms with van der Waals surface area (Å²) in [5.74, 6) is 0.399. The number of hydrogen-bond acceptors (Lipinski definition) is 4. The number of carbonyl (C=O) groups is 2. The Kier molecular flexibility index (Phi) is 7.25. The van der Waals surface area contributed by atoms with Crippen molar-refractivity contribution in [3.63, 3.8) is 0 Å². The second-order valence-corrected chi connectivity index (χ2v) is 7.56. The van der Waals surface area contributed by atoms with Gasteiger partial charge in [0.2, 0.25) is 11.8 Å². The smallest absolute Gasteiger partial charge is 0.245 e. The summed E-state index contributed by atoms with van der Waals surface area (Å²) in [7, 11) is 3.67. The molecule has 6 nitrogen and oxygen atoms in total. The molecule has 2 atom stereocenters. The number of amides is 2. The molecule has 1 N–H and O–H groups in total. The molecule has 0 unspecified atom stereocenters. The largest absolute Gasteiger partial charge is 0.497 e. The topological polar surface area (TPSA) is 61.9 Å². The molecule has 2 aromatic carbocycles. The maximum Gasteiger partial charge on any atom is 0.245 e. The molecule has 158 valence electrons. The predicted octanol–water partition coefficient (Wildman–Crippen LogP) is 2.73. The van der Waals surface area contributed by atoms with E-state index in [9.17, 15) is 9.59 Å². The lowest BCUT2D eigenvalue weighted by Gasteiger charge is -2.41. The van der Waals surface area contributed by atoms with Crippen molar-refractivity contribution in [2.24, 2.45) is 0 Å². The van der Waals surface area contributed by atoms with E-state index in [4.69, 9.17) is 4.74 Å². The fraction of sp³-hybridized carbons (Fsp3) is 0.333. The third-order valence-electron chi connectivity index (χ3n) is 5.32. The van der Waals surface area contributed by atoms with Crippen LogP contribution in [0.1, 0.15) is 24.1 Å². The average molecular weight is 408 g/mol. The van der Waals surface area contributed by atoms with Gasteiger partial charge in [-0.25, -0.2) is 0 Å². The maximum absolute atomic E-state index is 13.1. The molecule has 0 aliphatic carbocycles. The van der Waals surface area contributed by atoms with E-state index in [0.717, 1.165) is 30.0 Å². The number of carbonyl (C=O) groups excluding carboxylic acids is 2. The van der Waals surface area contributed by atoms with Gasteiger partial charge in [-0.05, 0) is 43.3 Å². The fourth-order valence-electron chi connectivity index (χ4n) is 3.60. The molecule has 0 aromatic heterocycles. The first-order chi connectivity index (χ1) is 14.5. The summed E-state index contributed by atoms with van der Waals surface area (Å²) < 4.78 is 5.13. The lowest BCUT2D eigenvalue weighted by atomic mass is 10.0. The lowest BCUT2D eigenvalue weighted by Crippen LogP contribution is -2.54. The summed E-state index contributed by atoms with van der Waals surface area (Å²) in [5, 5.41) is 2.80. The first-order valence-electron chi connectivity index (χ1n) is 10.1. The number of benzene rings is 2. The molecule has 2 aromatic rings. The maximum atomic E-state index is 13.1. The second kappa shape index (κ2) is 10.1. The van der Waals surface area contributed by atoms with Crippen LogP contribution in [-0.2, 0) is 9.59 Å². The molecule has 2 amide bonds. The van der Waals surface area contributed by atoms with Gasteiger partial charge in [0.25, 0.3) is 0 Å². The van der Waals surface area contributed by atoms with Crippen LogP contribution in [0.5, 0.6) is 5.75 Å². The van der Waals surface area contributed by atoms with Crippen molar-refractivity contribution >= 4 is 17.9 Å². The van der Waals surface area contributed by atoms with Gasteiger partial charge in [0.05, 0.1) is 13.2 Å². The van der Waals surface area contributed by atoms with Gasteiger partial charge in [0, 0.05) is 25.7 Å². The summed E-state index contributed by atoms with van der Waals surface area (Å²) in [6, 6.07) is 16.8. The lowest BCUT2D eigenvalue weighted by molar-refractivity contribution is -0.139. The number of nitrogens with one attached hydrogen (secondary N) is 1. The number of likely N-dealkylation sites (N-methyl/N-ethyl adjacent to an activating group) is 1. The number of hydrogen-bond donors (Lipinski definition) is 1. The Morgan fingerprint density at radius 1 is 1.10 bits per heavy atom. The minimum atomic E-state index is -0.604. The van der Waals surface area contributed by atoms with Crippen molar-refractivity contribution in [1.29, 1.82) is 0 Å². The van der Waals surface area contributed by atoms with Gasteiger partial charge in [0.1, 0.15) is 11.8 Å². The van der Waals surface area contributed by atoms with Gasteiger partial charge < -0.3 is 19.9 Å². The zero-order chi connectivity index (χ0) is 21.5. The predicted molar refractivity (Wildman–Crippen MR) is 118 cm³/mol. The first-order valence-corrected chi connectivity index (χ1v) is 10.1. The summed E-state index contributed by atoms with van der Waals surface area (Å²) in [5.41, 5.74) is 1.99. The van der Waals surface area contributed by atoms with Gasteiger partial charge in [-0.1, -0.05) is 42.5 Å².